The number of halogens is 3. The van der Waals surface area contributed by atoms with E-state index >= 15 is 0 Å². The van der Waals surface area contributed by atoms with Crippen LogP contribution in [0.5, 0.6) is 0 Å². The number of hydrogen-bond donors (Lipinski definition) is 2. The van der Waals surface area contributed by atoms with Gasteiger partial charge in [-0.3, -0.25) is 9.69 Å². The molecular weight excluding hydrogens is 351 g/mol. The quantitative estimate of drug-likeness (QED) is 0.751. The van der Waals surface area contributed by atoms with Crippen molar-refractivity contribution >= 4 is 17.7 Å². The second-order valence-corrected chi connectivity index (χ2v) is 7.89. The number of carbonyl (C=O) groups excluding carboxylic acids is 1. The van der Waals surface area contributed by atoms with Crippen LogP contribution in [0, 0.1) is 0 Å². The van der Waals surface area contributed by atoms with Crippen LogP contribution in [0.1, 0.15) is 24.2 Å². The van der Waals surface area contributed by atoms with Crippen LogP contribution in [0.4, 0.5) is 13.2 Å². The second-order valence-electron chi connectivity index (χ2n) is 6.24. The zero-order valence-electron chi connectivity index (χ0n) is 14.4. The van der Waals surface area contributed by atoms with E-state index in [9.17, 15) is 18.0 Å². The molecule has 0 bridgehead atoms. The van der Waals surface area contributed by atoms with Gasteiger partial charge in [-0.05, 0) is 24.3 Å². The van der Waals surface area contributed by atoms with Crippen LogP contribution < -0.4 is 10.6 Å². The topological polar surface area (TPSA) is 44.4 Å². The van der Waals surface area contributed by atoms with E-state index in [-0.39, 0.29) is 0 Å². The number of benzene rings is 1. The van der Waals surface area contributed by atoms with Crippen LogP contribution in [0.2, 0.25) is 0 Å². The smallest absolute Gasteiger partial charge is 0.350 e. The molecule has 0 aliphatic carbocycles. The molecular formula is C17H24F3N3OS. The summed E-state index contributed by atoms with van der Waals surface area (Å²) in [4.78, 5) is 14.6. The molecule has 8 heteroatoms. The van der Waals surface area contributed by atoms with Crippen molar-refractivity contribution in [3.8, 4) is 0 Å². The average molecular weight is 375 g/mol. The van der Waals surface area contributed by atoms with E-state index in [1.807, 2.05) is 12.1 Å². The number of piperazine rings is 1. The maximum Gasteiger partial charge on any atom is 0.405 e. The zero-order chi connectivity index (χ0) is 18.4. The molecule has 140 valence electrons. The molecule has 0 spiro atoms. The van der Waals surface area contributed by atoms with Gasteiger partial charge < -0.3 is 10.6 Å². The molecule has 1 aliphatic rings. The molecule has 1 fully saturated rings. The summed E-state index contributed by atoms with van der Waals surface area (Å²) in [5, 5.41) is 5.89. The molecule has 25 heavy (non-hydrogen) atoms. The number of alkyl halides is 3. The van der Waals surface area contributed by atoms with Gasteiger partial charge in [0.25, 0.3) is 5.91 Å². The molecule has 0 aromatic heterocycles. The highest BCUT2D eigenvalue weighted by atomic mass is 32.2. The SMILES string of the molecule is CC(C)Sc1ccc(C(=O)NCC(N2CCNCC2)C(F)(F)F)cc1. The lowest BCUT2D eigenvalue weighted by Crippen LogP contribution is -2.57. The largest absolute Gasteiger partial charge is 0.405 e. The van der Waals surface area contributed by atoms with E-state index in [1.165, 1.54) is 4.90 Å². The fourth-order valence-corrected chi connectivity index (χ4v) is 3.53. The summed E-state index contributed by atoms with van der Waals surface area (Å²) in [6, 6.07) is 5.27. The van der Waals surface area contributed by atoms with E-state index in [1.54, 1.807) is 23.9 Å². The highest BCUT2D eigenvalue weighted by Crippen LogP contribution is 2.25. The van der Waals surface area contributed by atoms with E-state index < -0.39 is 24.7 Å². The number of nitrogens with zero attached hydrogens (tertiary/aromatic N) is 1. The highest BCUT2D eigenvalue weighted by molar-refractivity contribution is 7.99. The van der Waals surface area contributed by atoms with Crippen LogP contribution >= 0.6 is 11.8 Å². The molecule has 1 atom stereocenters. The van der Waals surface area contributed by atoms with Crippen LogP contribution in [0.15, 0.2) is 29.2 Å². The van der Waals surface area contributed by atoms with Gasteiger partial charge in [0.05, 0.1) is 0 Å². The predicted octanol–water partition coefficient (Wildman–Crippen LogP) is 2.75. The molecule has 2 N–H and O–H groups in total. The van der Waals surface area contributed by atoms with E-state index in [0.29, 0.717) is 37.0 Å². The van der Waals surface area contributed by atoms with Crippen molar-refractivity contribution in [2.45, 2.75) is 36.2 Å². The van der Waals surface area contributed by atoms with Crippen molar-refractivity contribution in [1.82, 2.24) is 15.5 Å². The van der Waals surface area contributed by atoms with Crippen molar-refractivity contribution in [3.63, 3.8) is 0 Å². The summed E-state index contributed by atoms with van der Waals surface area (Å²) >= 11 is 1.67. The summed E-state index contributed by atoms with van der Waals surface area (Å²) in [6.45, 7) is 5.38. The van der Waals surface area contributed by atoms with Gasteiger partial charge in [0.2, 0.25) is 0 Å². The molecule has 1 saturated heterocycles. The van der Waals surface area contributed by atoms with Crippen molar-refractivity contribution in [2.24, 2.45) is 0 Å². The van der Waals surface area contributed by atoms with Gasteiger partial charge in [-0.1, -0.05) is 13.8 Å². The Hall–Kier alpha value is -1.25. The van der Waals surface area contributed by atoms with Gasteiger partial charge in [-0.2, -0.15) is 13.2 Å². The number of amides is 1. The lowest BCUT2D eigenvalue weighted by Gasteiger charge is -2.35. The van der Waals surface area contributed by atoms with Gasteiger partial charge in [0.1, 0.15) is 6.04 Å². The monoisotopic (exact) mass is 375 g/mol. The minimum Gasteiger partial charge on any atom is -0.350 e. The maximum absolute atomic E-state index is 13.3. The van der Waals surface area contributed by atoms with Gasteiger partial charge >= 0.3 is 6.18 Å². The first-order chi connectivity index (χ1) is 11.8. The second kappa shape index (κ2) is 8.91. The Balaban J connectivity index is 1.95. The Morgan fingerprint density at radius 1 is 1.24 bits per heavy atom. The van der Waals surface area contributed by atoms with Crippen LogP contribution in [-0.2, 0) is 0 Å². The fraction of sp³-hybridized carbons (Fsp3) is 0.588. The Labute approximate surface area is 150 Å². The standard InChI is InChI=1S/C17H24F3N3OS/c1-12(2)25-14-5-3-13(4-6-14)16(24)22-11-15(17(18,19)20)23-9-7-21-8-10-23/h3-6,12,15,21H,7-11H2,1-2H3,(H,22,24). The number of hydrogen-bond acceptors (Lipinski definition) is 4. The van der Waals surface area contributed by atoms with E-state index in [2.05, 4.69) is 24.5 Å². The van der Waals surface area contributed by atoms with E-state index in [4.69, 9.17) is 0 Å². The number of carbonyl (C=O) groups is 1. The molecule has 1 amide bonds. The first-order valence-electron chi connectivity index (χ1n) is 8.34. The minimum atomic E-state index is -4.37. The third kappa shape index (κ3) is 6.20. The zero-order valence-corrected chi connectivity index (χ0v) is 15.2. The molecule has 1 aromatic carbocycles. The molecule has 1 aromatic rings. The number of rotatable bonds is 6. The minimum absolute atomic E-state index is 0.321. The first-order valence-corrected chi connectivity index (χ1v) is 9.21. The molecule has 0 saturated carbocycles. The van der Waals surface area contributed by atoms with Crippen molar-refractivity contribution < 1.29 is 18.0 Å². The Kier molecular flexibility index (Phi) is 7.15. The normalized spacial score (nSPS) is 17.5. The average Bonchev–Trinajstić information content (AvgIpc) is 2.54. The molecule has 1 aliphatic heterocycles. The molecule has 1 heterocycles. The Morgan fingerprint density at radius 2 is 1.84 bits per heavy atom. The van der Waals surface area contributed by atoms with Gasteiger partial charge in [-0.25, -0.2) is 0 Å². The summed E-state index contributed by atoms with van der Waals surface area (Å²) in [5.41, 5.74) is 0.370. The van der Waals surface area contributed by atoms with E-state index in [0.717, 1.165) is 4.90 Å². The lowest BCUT2D eigenvalue weighted by molar-refractivity contribution is -0.183. The third-order valence-electron chi connectivity index (χ3n) is 3.91. The Morgan fingerprint density at radius 3 is 2.36 bits per heavy atom. The van der Waals surface area contributed by atoms with Crippen molar-refractivity contribution in [1.29, 1.82) is 0 Å². The Bertz CT molecular complexity index is 557. The molecule has 4 nitrogen and oxygen atoms in total. The summed E-state index contributed by atoms with van der Waals surface area (Å²) in [7, 11) is 0. The van der Waals surface area contributed by atoms with Crippen LogP contribution in [0.25, 0.3) is 0 Å². The van der Waals surface area contributed by atoms with Gasteiger partial charge in [0, 0.05) is 48.4 Å². The van der Waals surface area contributed by atoms with Gasteiger partial charge in [-0.15, -0.1) is 11.8 Å². The van der Waals surface area contributed by atoms with Crippen LogP contribution in [-0.4, -0.2) is 61.0 Å². The number of thioether (sulfide) groups is 1. The molecule has 2 rings (SSSR count). The summed E-state index contributed by atoms with van der Waals surface area (Å²) in [6.07, 6.45) is -4.37. The van der Waals surface area contributed by atoms with Crippen molar-refractivity contribution in [2.75, 3.05) is 32.7 Å². The number of nitrogens with one attached hydrogen (secondary N) is 2. The summed E-state index contributed by atoms with van der Waals surface area (Å²) in [5.74, 6) is -0.481. The maximum atomic E-state index is 13.3. The summed E-state index contributed by atoms with van der Waals surface area (Å²) < 4.78 is 39.9. The van der Waals surface area contributed by atoms with Crippen molar-refractivity contribution in [3.05, 3.63) is 29.8 Å². The fourth-order valence-electron chi connectivity index (χ4n) is 2.69. The van der Waals surface area contributed by atoms with Crippen LogP contribution in [0.3, 0.4) is 0 Å². The van der Waals surface area contributed by atoms with Gasteiger partial charge in [0.15, 0.2) is 0 Å². The lowest BCUT2D eigenvalue weighted by atomic mass is 10.1. The predicted molar refractivity (Wildman–Crippen MR) is 94.1 cm³/mol. The molecule has 0 radical (unpaired) electrons. The third-order valence-corrected chi connectivity index (χ3v) is 4.93. The highest BCUT2D eigenvalue weighted by Gasteiger charge is 2.43. The first kappa shape index (κ1) is 20.1. The molecule has 1 unspecified atom stereocenters.